The second-order valence-corrected chi connectivity index (χ2v) is 25.6. The molecule has 0 amide bonds. The van der Waals surface area contributed by atoms with Gasteiger partial charge in [-0.15, -0.1) is 53.6 Å². The SMILES string of the molecule is [2H]C(C)(C)c1cc(-c2[c-]cccc2)ncc1[Si](C)(C)C.[2H]C([2H])([2H])c1c[c-]c(-c2nc3ccc4ccccc4c3n2-c2c(C(C)C)cc(-c3ccccc3)cc2C(C)C)c2oc3cc4c(cc3c12)oc1ccccc14.[Ir]. The van der Waals surface area contributed by atoms with Gasteiger partial charge in [0.25, 0.3) is 0 Å². The average molecular weight is 1140 g/mol. The van der Waals surface area contributed by atoms with E-state index in [4.69, 9.17) is 19.3 Å². The van der Waals surface area contributed by atoms with Gasteiger partial charge in [-0.05, 0) is 92.6 Å². The van der Waals surface area contributed by atoms with Crippen molar-refractivity contribution in [3.63, 3.8) is 0 Å². The summed E-state index contributed by atoms with van der Waals surface area (Å²) in [5.41, 5.74) is 13.8. The van der Waals surface area contributed by atoms with Gasteiger partial charge in [-0.3, -0.25) is 4.98 Å². The minimum Gasteiger partial charge on any atom is -0.501 e. The molecular formula is C65H59IrN3O2Si-2. The molecule has 0 bridgehead atoms. The standard InChI is InChI=1S/C48H37N2O2.C17H22NSi.Ir/c1-27(2)36-23-32(30-13-7-6-8-14-30)24-37(28(3)4)45(36)50-46-33-16-10-9-15-31(33)20-22-40(46)49-48(50)35-21-19-29(5)44-39-26-42-38(25-43(39)52-47(35)44)34-17-11-12-18-41(34)51-42;1-13(2)15-11-16(14-9-7-6-8-10-14)18-12-17(15)19(3,4)5;/h6-20,22-28H,1-5H3;6-9,11-13H,1-5H3;/q2*-1;/i5D3;13D;. The molecule has 0 N–H and O–H groups in total. The summed E-state index contributed by atoms with van der Waals surface area (Å²) in [5.74, 6) is 0.352. The predicted octanol–water partition coefficient (Wildman–Crippen LogP) is 17.9. The molecule has 5 nitrogen and oxygen atoms in total. The summed E-state index contributed by atoms with van der Waals surface area (Å²) in [5, 5.41) is 6.52. The van der Waals surface area contributed by atoms with Crippen molar-refractivity contribution in [1.29, 1.82) is 0 Å². The zero-order valence-corrected chi connectivity index (χ0v) is 45.6. The zero-order valence-electron chi connectivity index (χ0n) is 46.2. The summed E-state index contributed by atoms with van der Waals surface area (Å²) >= 11 is 0. The van der Waals surface area contributed by atoms with Crippen molar-refractivity contribution >= 4 is 78.9 Å². The summed E-state index contributed by atoms with van der Waals surface area (Å²) < 4.78 is 49.7. The summed E-state index contributed by atoms with van der Waals surface area (Å²) in [7, 11) is -1.50. The summed E-state index contributed by atoms with van der Waals surface area (Å²) in [6.45, 7) is 17.3. The van der Waals surface area contributed by atoms with Gasteiger partial charge < -0.3 is 18.4 Å². The Morgan fingerprint density at radius 1 is 0.639 bits per heavy atom. The van der Waals surface area contributed by atoms with Gasteiger partial charge in [0.05, 0.1) is 30.5 Å². The van der Waals surface area contributed by atoms with Crippen LogP contribution in [0.2, 0.25) is 19.6 Å². The largest absolute Gasteiger partial charge is 0.501 e. The molecule has 12 rings (SSSR count). The van der Waals surface area contributed by atoms with E-state index in [1.165, 1.54) is 16.3 Å². The molecule has 0 saturated carbocycles. The molecule has 4 heterocycles. The predicted molar refractivity (Wildman–Crippen MR) is 301 cm³/mol. The van der Waals surface area contributed by atoms with Gasteiger partial charge in [0.15, 0.2) is 0 Å². The third-order valence-electron chi connectivity index (χ3n) is 13.8. The maximum atomic E-state index is 8.62. The van der Waals surface area contributed by atoms with E-state index >= 15 is 0 Å². The minimum atomic E-state index is -2.42. The maximum Gasteiger partial charge on any atom is 0.136 e. The number of hydrogen-bond acceptors (Lipinski definition) is 4. The zero-order chi connectivity index (χ0) is 52.7. The number of rotatable bonds is 8. The van der Waals surface area contributed by atoms with Crippen LogP contribution in [0, 0.1) is 19.0 Å². The van der Waals surface area contributed by atoms with Crippen LogP contribution in [0.3, 0.4) is 0 Å². The molecule has 361 valence electrons. The number of aromatic nitrogens is 3. The van der Waals surface area contributed by atoms with E-state index in [0.717, 1.165) is 71.8 Å². The third kappa shape index (κ3) is 8.61. The van der Waals surface area contributed by atoms with E-state index in [9.17, 15) is 0 Å². The Hall–Kier alpha value is -6.89. The number of hydrogen-bond donors (Lipinski definition) is 0. The molecule has 0 aliphatic rings. The smallest absolute Gasteiger partial charge is 0.136 e. The molecule has 0 fully saturated rings. The Labute approximate surface area is 442 Å². The van der Waals surface area contributed by atoms with Crippen LogP contribution in [-0.4, -0.2) is 22.6 Å². The van der Waals surface area contributed by atoms with E-state index in [1.54, 1.807) is 6.07 Å². The summed E-state index contributed by atoms with van der Waals surface area (Å²) in [6, 6.07) is 57.7. The van der Waals surface area contributed by atoms with Crippen LogP contribution in [0.5, 0.6) is 0 Å². The van der Waals surface area contributed by atoms with Crippen molar-refractivity contribution in [3.8, 4) is 39.5 Å². The van der Waals surface area contributed by atoms with Gasteiger partial charge in [-0.2, -0.15) is 0 Å². The molecule has 4 aromatic heterocycles. The van der Waals surface area contributed by atoms with Crippen molar-refractivity contribution < 1.29 is 34.4 Å². The fourth-order valence-electron chi connectivity index (χ4n) is 10.2. The van der Waals surface area contributed by atoms with Gasteiger partial charge in [0.1, 0.15) is 16.7 Å². The third-order valence-corrected chi connectivity index (χ3v) is 15.8. The second kappa shape index (κ2) is 19.3. The summed E-state index contributed by atoms with van der Waals surface area (Å²) in [4.78, 5) is 10.0. The molecule has 12 aromatic rings. The fourth-order valence-corrected chi connectivity index (χ4v) is 11.8. The molecule has 0 aliphatic heterocycles. The van der Waals surface area contributed by atoms with Gasteiger partial charge >= 0.3 is 0 Å². The number of para-hydroxylation sites is 1. The van der Waals surface area contributed by atoms with E-state index in [1.807, 2.05) is 86.8 Å². The Bertz CT molecular complexity index is 4120. The first kappa shape index (κ1) is 43.9. The molecule has 7 heteroatoms. The number of imidazole rings is 1. The molecule has 0 unspecified atom stereocenters. The van der Waals surface area contributed by atoms with Crippen molar-refractivity contribution in [1.82, 2.24) is 14.5 Å². The van der Waals surface area contributed by atoms with Gasteiger partial charge in [-0.1, -0.05) is 169 Å². The maximum absolute atomic E-state index is 8.62. The van der Waals surface area contributed by atoms with Crippen LogP contribution in [0.4, 0.5) is 0 Å². The van der Waals surface area contributed by atoms with E-state index in [2.05, 4.69) is 148 Å². The molecular weight excluding hydrogens is 1080 g/mol. The molecule has 1 radical (unpaired) electrons. The quantitative estimate of drug-likeness (QED) is 0.112. The first-order valence-electron chi connectivity index (χ1n) is 26.6. The van der Waals surface area contributed by atoms with Crippen LogP contribution in [-0.2, 0) is 20.1 Å². The first-order valence-corrected chi connectivity index (χ1v) is 28.1. The molecule has 0 atom stereocenters. The minimum absolute atomic E-state index is 0. The Morgan fingerprint density at radius 3 is 2.01 bits per heavy atom. The van der Waals surface area contributed by atoms with Crippen LogP contribution in [0.15, 0.2) is 167 Å². The Morgan fingerprint density at radius 2 is 1.32 bits per heavy atom. The van der Waals surface area contributed by atoms with Crippen LogP contribution in [0.1, 0.15) is 87.0 Å². The van der Waals surface area contributed by atoms with Crippen LogP contribution >= 0.6 is 0 Å². The van der Waals surface area contributed by atoms with E-state index in [-0.39, 0.29) is 37.5 Å². The number of fused-ring (bicyclic) bond motifs is 9. The van der Waals surface area contributed by atoms with Crippen molar-refractivity contribution in [2.24, 2.45) is 0 Å². The normalized spacial score (nSPS) is 13.2. The molecule has 72 heavy (non-hydrogen) atoms. The van der Waals surface area contributed by atoms with Crippen LogP contribution in [0.25, 0.3) is 105 Å². The number of pyridine rings is 1. The second-order valence-electron chi connectivity index (χ2n) is 20.6. The van der Waals surface area contributed by atoms with Crippen molar-refractivity contribution in [2.45, 2.75) is 85.8 Å². The summed E-state index contributed by atoms with van der Waals surface area (Å²) in [6.07, 6.45) is 1.98. The van der Waals surface area contributed by atoms with Gasteiger partial charge in [0, 0.05) is 59.0 Å². The Kier molecular flexibility index (Phi) is 11.7. The van der Waals surface area contributed by atoms with Crippen LogP contribution < -0.4 is 5.19 Å². The molecule has 0 spiro atoms. The van der Waals surface area contributed by atoms with E-state index < -0.39 is 20.8 Å². The monoisotopic (exact) mass is 1140 g/mol. The van der Waals surface area contributed by atoms with E-state index in [0.29, 0.717) is 38.9 Å². The van der Waals surface area contributed by atoms with Crippen molar-refractivity contribution in [2.75, 3.05) is 0 Å². The number of nitrogens with zero attached hydrogens (tertiary/aromatic N) is 3. The molecule has 0 saturated heterocycles. The number of furan rings is 2. The average Bonchev–Trinajstić information content (AvgIpc) is 4.08. The number of aryl methyl sites for hydroxylation is 1. The van der Waals surface area contributed by atoms with Crippen molar-refractivity contribution in [3.05, 3.63) is 192 Å². The topological polar surface area (TPSA) is 57.0 Å². The molecule has 0 aliphatic carbocycles. The molecule has 8 aromatic carbocycles. The first-order chi connectivity index (χ1) is 35.8. The Balaban J connectivity index is 0.000000264. The van der Waals surface area contributed by atoms with Gasteiger partial charge in [0.2, 0.25) is 0 Å². The number of benzene rings is 8. The van der Waals surface area contributed by atoms with Gasteiger partial charge in [-0.25, -0.2) is 0 Å². The fraction of sp³-hybridized carbons (Fsp3) is 0.200.